The van der Waals surface area contributed by atoms with Crippen molar-refractivity contribution in [1.29, 1.82) is 0 Å². The van der Waals surface area contributed by atoms with Crippen molar-refractivity contribution in [3.8, 4) is 5.75 Å². The number of halogens is 1. The minimum Gasteiger partial charge on any atom is -0.493 e. The average Bonchev–Trinajstić information content (AvgIpc) is 3.22. The van der Waals surface area contributed by atoms with Gasteiger partial charge in [-0.15, -0.1) is 0 Å². The number of carbonyl (C=O) groups excluding carboxylic acids is 1. The van der Waals surface area contributed by atoms with E-state index >= 15 is 0 Å². The number of sulfone groups is 1. The summed E-state index contributed by atoms with van der Waals surface area (Å²) in [6.07, 6.45) is 0.436. The molecular weight excluding hydrogens is 446 g/mol. The van der Waals surface area contributed by atoms with Crippen molar-refractivity contribution < 1.29 is 22.4 Å². The van der Waals surface area contributed by atoms with Gasteiger partial charge >= 0.3 is 0 Å². The Morgan fingerprint density at radius 1 is 1.25 bits per heavy atom. The molecule has 28 heavy (non-hydrogen) atoms. The first-order valence-electron chi connectivity index (χ1n) is 9.22. The summed E-state index contributed by atoms with van der Waals surface area (Å²) in [4.78, 5) is 14.8. The highest BCUT2D eigenvalue weighted by Gasteiger charge is 2.35. The summed E-state index contributed by atoms with van der Waals surface area (Å²) in [5, 5.41) is 0. The van der Waals surface area contributed by atoms with Crippen molar-refractivity contribution in [1.82, 2.24) is 4.90 Å². The van der Waals surface area contributed by atoms with Crippen LogP contribution in [0, 0.1) is 5.92 Å². The van der Waals surface area contributed by atoms with E-state index < -0.39 is 9.84 Å². The fourth-order valence-corrected chi connectivity index (χ4v) is 5.19. The SMILES string of the molecule is CC(C)COc1ccc(C(=O)N(Cc2ccc(Br)o2)[C@@H]2CCS(=O)(=O)C2)cc1. The van der Waals surface area contributed by atoms with Crippen LogP contribution in [0.15, 0.2) is 45.5 Å². The Morgan fingerprint density at radius 3 is 2.50 bits per heavy atom. The normalized spacial score (nSPS) is 18.4. The van der Waals surface area contributed by atoms with Crippen LogP contribution in [0.1, 0.15) is 36.4 Å². The summed E-state index contributed by atoms with van der Waals surface area (Å²) in [6, 6.07) is 10.1. The first kappa shape index (κ1) is 20.9. The van der Waals surface area contributed by atoms with E-state index in [-0.39, 0.29) is 30.0 Å². The third-order valence-corrected chi connectivity index (χ3v) is 6.73. The first-order valence-corrected chi connectivity index (χ1v) is 11.8. The number of ether oxygens (including phenoxy) is 1. The minimum atomic E-state index is -3.12. The molecule has 1 aliphatic heterocycles. The maximum absolute atomic E-state index is 13.2. The van der Waals surface area contributed by atoms with Gasteiger partial charge in [0.05, 0.1) is 24.7 Å². The van der Waals surface area contributed by atoms with Gasteiger partial charge in [0, 0.05) is 11.6 Å². The molecule has 0 aliphatic carbocycles. The van der Waals surface area contributed by atoms with Gasteiger partial charge in [0.15, 0.2) is 14.5 Å². The van der Waals surface area contributed by atoms with Crippen LogP contribution >= 0.6 is 15.9 Å². The van der Waals surface area contributed by atoms with E-state index in [0.29, 0.717) is 40.7 Å². The number of carbonyl (C=O) groups is 1. The van der Waals surface area contributed by atoms with Gasteiger partial charge in [-0.3, -0.25) is 4.79 Å². The van der Waals surface area contributed by atoms with E-state index in [2.05, 4.69) is 29.8 Å². The van der Waals surface area contributed by atoms with E-state index in [1.54, 1.807) is 41.3 Å². The van der Waals surface area contributed by atoms with Crippen LogP contribution in [-0.2, 0) is 16.4 Å². The highest BCUT2D eigenvalue weighted by Crippen LogP contribution is 2.25. The number of nitrogens with zero attached hydrogens (tertiary/aromatic N) is 1. The Hall–Kier alpha value is -1.80. The zero-order chi connectivity index (χ0) is 20.3. The lowest BCUT2D eigenvalue weighted by Gasteiger charge is -2.27. The van der Waals surface area contributed by atoms with Gasteiger partial charge in [0.2, 0.25) is 0 Å². The van der Waals surface area contributed by atoms with Crippen LogP contribution in [0.3, 0.4) is 0 Å². The molecule has 1 fully saturated rings. The molecule has 1 saturated heterocycles. The van der Waals surface area contributed by atoms with Gasteiger partial charge in [-0.2, -0.15) is 0 Å². The number of amides is 1. The van der Waals surface area contributed by atoms with Crippen LogP contribution in [0.2, 0.25) is 0 Å². The fourth-order valence-electron chi connectivity index (χ4n) is 3.11. The quantitative estimate of drug-likeness (QED) is 0.614. The molecule has 2 aromatic rings. The van der Waals surface area contributed by atoms with Crippen molar-refractivity contribution in [2.24, 2.45) is 5.92 Å². The Bertz CT molecular complexity index is 920. The summed E-state index contributed by atoms with van der Waals surface area (Å²) in [7, 11) is -3.12. The second-order valence-corrected chi connectivity index (χ2v) is 10.4. The van der Waals surface area contributed by atoms with Crippen LogP contribution in [0.5, 0.6) is 5.75 Å². The lowest BCUT2D eigenvalue weighted by Crippen LogP contribution is -2.40. The smallest absolute Gasteiger partial charge is 0.254 e. The zero-order valence-electron chi connectivity index (χ0n) is 15.9. The Balaban J connectivity index is 1.79. The Morgan fingerprint density at radius 2 is 1.96 bits per heavy atom. The molecule has 1 amide bonds. The molecule has 6 nitrogen and oxygen atoms in total. The third kappa shape index (κ3) is 5.38. The molecule has 0 radical (unpaired) electrons. The minimum absolute atomic E-state index is 0.0177. The van der Waals surface area contributed by atoms with E-state index in [1.807, 2.05) is 0 Å². The molecular formula is C20H24BrNO5S. The number of hydrogen-bond donors (Lipinski definition) is 0. The monoisotopic (exact) mass is 469 g/mol. The average molecular weight is 470 g/mol. The molecule has 1 aromatic heterocycles. The Kier molecular flexibility index (Phi) is 6.50. The Labute approximate surface area is 173 Å². The van der Waals surface area contributed by atoms with Crippen LogP contribution in [0.25, 0.3) is 0 Å². The van der Waals surface area contributed by atoms with Crippen LogP contribution in [0.4, 0.5) is 0 Å². The van der Waals surface area contributed by atoms with Crippen molar-refractivity contribution in [2.45, 2.75) is 32.9 Å². The van der Waals surface area contributed by atoms with Crippen molar-refractivity contribution in [3.63, 3.8) is 0 Å². The predicted molar refractivity (Wildman–Crippen MR) is 110 cm³/mol. The highest BCUT2D eigenvalue weighted by atomic mass is 79.9. The lowest BCUT2D eigenvalue weighted by atomic mass is 10.1. The molecule has 8 heteroatoms. The number of benzene rings is 1. The third-order valence-electron chi connectivity index (χ3n) is 4.55. The molecule has 0 spiro atoms. The van der Waals surface area contributed by atoms with Crippen LogP contribution < -0.4 is 4.74 Å². The maximum Gasteiger partial charge on any atom is 0.254 e. The summed E-state index contributed by atoms with van der Waals surface area (Å²) >= 11 is 3.26. The molecule has 0 N–H and O–H groups in total. The summed E-state index contributed by atoms with van der Waals surface area (Å²) in [5.41, 5.74) is 0.492. The maximum atomic E-state index is 13.2. The highest BCUT2D eigenvalue weighted by molar-refractivity contribution is 9.10. The van der Waals surface area contributed by atoms with E-state index in [4.69, 9.17) is 9.15 Å². The predicted octanol–water partition coefficient (Wildman–Crippen LogP) is 3.91. The van der Waals surface area contributed by atoms with Crippen molar-refractivity contribution >= 4 is 31.7 Å². The van der Waals surface area contributed by atoms with Gasteiger partial charge in [-0.1, -0.05) is 13.8 Å². The van der Waals surface area contributed by atoms with Crippen molar-refractivity contribution in [2.75, 3.05) is 18.1 Å². The van der Waals surface area contributed by atoms with Crippen LogP contribution in [-0.4, -0.2) is 43.4 Å². The molecule has 0 bridgehead atoms. The lowest BCUT2D eigenvalue weighted by molar-refractivity contribution is 0.0665. The second-order valence-electron chi connectivity index (χ2n) is 7.42. The number of hydrogen-bond acceptors (Lipinski definition) is 5. The second kappa shape index (κ2) is 8.69. The van der Waals surface area contributed by atoms with Gasteiger partial charge in [0.1, 0.15) is 11.5 Å². The van der Waals surface area contributed by atoms with Gasteiger partial charge in [-0.05, 0) is 64.7 Å². The molecule has 3 rings (SSSR count). The molecule has 152 valence electrons. The number of rotatable bonds is 7. The topological polar surface area (TPSA) is 76.8 Å². The number of furan rings is 1. The van der Waals surface area contributed by atoms with Gasteiger partial charge in [-0.25, -0.2) is 8.42 Å². The summed E-state index contributed by atoms with van der Waals surface area (Å²) in [5.74, 6) is 1.58. The molecule has 0 saturated carbocycles. The molecule has 0 unspecified atom stereocenters. The van der Waals surface area contributed by atoms with Gasteiger partial charge < -0.3 is 14.1 Å². The van der Waals surface area contributed by atoms with Crippen molar-refractivity contribution in [3.05, 3.63) is 52.4 Å². The molecule has 1 aliphatic rings. The standard InChI is InChI=1S/C20H24BrNO5S/c1-14(2)12-26-17-5-3-15(4-6-17)20(23)22(11-18-7-8-19(21)27-18)16-9-10-28(24,25)13-16/h3-8,14,16H,9-13H2,1-2H3/t16-/m1/s1. The first-order chi connectivity index (χ1) is 13.2. The largest absolute Gasteiger partial charge is 0.493 e. The summed E-state index contributed by atoms with van der Waals surface area (Å²) < 4.78 is 35.7. The summed E-state index contributed by atoms with van der Waals surface area (Å²) in [6.45, 7) is 4.96. The molecule has 2 heterocycles. The van der Waals surface area contributed by atoms with E-state index in [9.17, 15) is 13.2 Å². The van der Waals surface area contributed by atoms with Gasteiger partial charge in [0.25, 0.3) is 5.91 Å². The molecule has 1 aromatic carbocycles. The van der Waals surface area contributed by atoms with E-state index in [1.165, 1.54) is 0 Å². The van der Waals surface area contributed by atoms with E-state index in [0.717, 1.165) is 0 Å². The molecule has 1 atom stereocenters. The zero-order valence-corrected chi connectivity index (χ0v) is 18.3. The fraction of sp³-hybridized carbons (Fsp3) is 0.450.